The van der Waals surface area contributed by atoms with E-state index in [0.717, 1.165) is 38.8 Å². The number of rotatable bonds is 6. The van der Waals surface area contributed by atoms with Gasteiger partial charge in [0.15, 0.2) is 0 Å². The van der Waals surface area contributed by atoms with Crippen LogP contribution in [0.25, 0.3) is 0 Å². The van der Waals surface area contributed by atoms with Crippen LogP contribution in [0.2, 0.25) is 0 Å². The Morgan fingerprint density at radius 1 is 1.27 bits per heavy atom. The highest BCUT2D eigenvalue weighted by Crippen LogP contribution is 2.29. The summed E-state index contributed by atoms with van der Waals surface area (Å²) in [6.45, 7) is 9.95. The summed E-state index contributed by atoms with van der Waals surface area (Å²) in [5.41, 5.74) is -0.318. The average Bonchev–Trinajstić information content (AvgIpc) is 2.60. The predicted molar refractivity (Wildman–Crippen MR) is 87.7 cm³/mol. The molecular weight excluding hydrogens is 280 g/mol. The SMILES string of the molecule is CC(C)CC(C)(C)C(=O)N1CCCC(N(C)CC(=O)O)CC1. The number of carboxylic acids is 1. The number of hydrogen-bond acceptors (Lipinski definition) is 3. The average molecular weight is 312 g/mol. The van der Waals surface area contributed by atoms with Crippen LogP contribution in [0, 0.1) is 11.3 Å². The lowest BCUT2D eigenvalue weighted by atomic mass is 9.82. The zero-order valence-electron chi connectivity index (χ0n) is 14.8. The molecule has 0 aliphatic carbocycles. The molecule has 1 amide bonds. The van der Waals surface area contributed by atoms with Crippen molar-refractivity contribution in [2.45, 2.75) is 59.4 Å². The van der Waals surface area contributed by atoms with Gasteiger partial charge < -0.3 is 10.0 Å². The fourth-order valence-corrected chi connectivity index (χ4v) is 3.60. The van der Waals surface area contributed by atoms with Crippen LogP contribution < -0.4 is 0 Å². The maximum Gasteiger partial charge on any atom is 0.317 e. The minimum absolute atomic E-state index is 0.0669. The summed E-state index contributed by atoms with van der Waals surface area (Å²) in [5.74, 6) is -0.0548. The highest BCUT2D eigenvalue weighted by molar-refractivity contribution is 5.82. The Kier molecular flexibility index (Phi) is 6.85. The van der Waals surface area contributed by atoms with Crippen molar-refractivity contribution in [3.8, 4) is 0 Å². The molecule has 0 spiro atoms. The zero-order valence-corrected chi connectivity index (χ0v) is 14.8. The van der Waals surface area contributed by atoms with Gasteiger partial charge in [-0.3, -0.25) is 14.5 Å². The Morgan fingerprint density at radius 2 is 1.91 bits per heavy atom. The van der Waals surface area contributed by atoms with Gasteiger partial charge in [0.25, 0.3) is 0 Å². The summed E-state index contributed by atoms with van der Waals surface area (Å²) in [5, 5.41) is 8.91. The molecule has 1 fully saturated rings. The number of amides is 1. The lowest BCUT2D eigenvalue weighted by Gasteiger charge is -2.32. The molecule has 5 heteroatoms. The van der Waals surface area contributed by atoms with Crippen molar-refractivity contribution < 1.29 is 14.7 Å². The monoisotopic (exact) mass is 312 g/mol. The first-order valence-corrected chi connectivity index (χ1v) is 8.35. The fourth-order valence-electron chi connectivity index (χ4n) is 3.60. The van der Waals surface area contributed by atoms with E-state index in [1.165, 1.54) is 0 Å². The highest BCUT2D eigenvalue weighted by Gasteiger charge is 2.34. The van der Waals surface area contributed by atoms with E-state index in [0.29, 0.717) is 5.92 Å². The van der Waals surface area contributed by atoms with Crippen molar-refractivity contribution in [1.82, 2.24) is 9.80 Å². The van der Waals surface area contributed by atoms with Gasteiger partial charge in [-0.05, 0) is 38.6 Å². The van der Waals surface area contributed by atoms with Crippen molar-refractivity contribution in [2.24, 2.45) is 11.3 Å². The number of carbonyl (C=O) groups excluding carboxylic acids is 1. The Labute approximate surface area is 134 Å². The minimum atomic E-state index is -0.794. The smallest absolute Gasteiger partial charge is 0.317 e. The van der Waals surface area contributed by atoms with E-state index in [2.05, 4.69) is 13.8 Å². The summed E-state index contributed by atoms with van der Waals surface area (Å²) >= 11 is 0. The molecule has 1 unspecified atom stereocenters. The van der Waals surface area contributed by atoms with Crippen molar-refractivity contribution in [2.75, 3.05) is 26.7 Å². The zero-order chi connectivity index (χ0) is 16.9. The van der Waals surface area contributed by atoms with Crippen LogP contribution in [0.5, 0.6) is 0 Å². The Balaban J connectivity index is 2.62. The molecule has 1 saturated heterocycles. The topological polar surface area (TPSA) is 60.9 Å². The van der Waals surface area contributed by atoms with E-state index < -0.39 is 5.97 Å². The van der Waals surface area contributed by atoms with E-state index in [1.807, 2.05) is 30.7 Å². The first kappa shape index (κ1) is 18.9. The number of hydrogen-bond donors (Lipinski definition) is 1. The number of carbonyl (C=O) groups is 2. The molecule has 0 saturated carbocycles. The van der Waals surface area contributed by atoms with Gasteiger partial charge in [0.1, 0.15) is 0 Å². The molecule has 1 aliphatic heterocycles. The van der Waals surface area contributed by atoms with Crippen LogP contribution in [-0.4, -0.2) is 59.5 Å². The molecule has 0 bridgehead atoms. The summed E-state index contributed by atoms with van der Waals surface area (Å²) in [7, 11) is 1.86. The predicted octanol–water partition coefficient (Wildman–Crippen LogP) is 2.46. The molecule has 5 nitrogen and oxygen atoms in total. The second-order valence-corrected chi connectivity index (χ2v) is 7.67. The summed E-state index contributed by atoms with van der Waals surface area (Å²) < 4.78 is 0. The van der Waals surface area contributed by atoms with Gasteiger partial charge in [-0.15, -0.1) is 0 Å². The first-order valence-electron chi connectivity index (χ1n) is 8.35. The molecule has 1 aliphatic rings. The largest absolute Gasteiger partial charge is 0.480 e. The number of carboxylic acid groups (broad SMARTS) is 1. The molecule has 0 aromatic carbocycles. The number of likely N-dealkylation sites (tertiary alicyclic amines) is 1. The number of nitrogens with zero attached hydrogens (tertiary/aromatic N) is 2. The Hall–Kier alpha value is -1.10. The van der Waals surface area contributed by atoms with Crippen LogP contribution in [0.15, 0.2) is 0 Å². The molecule has 0 aromatic heterocycles. The lowest BCUT2D eigenvalue weighted by molar-refractivity contribution is -0.141. The molecule has 1 N–H and O–H groups in total. The lowest BCUT2D eigenvalue weighted by Crippen LogP contribution is -2.43. The van der Waals surface area contributed by atoms with E-state index in [9.17, 15) is 9.59 Å². The fraction of sp³-hybridized carbons (Fsp3) is 0.882. The molecule has 1 atom stereocenters. The molecular formula is C17H32N2O3. The molecule has 0 aromatic rings. The van der Waals surface area contributed by atoms with E-state index in [4.69, 9.17) is 5.11 Å². The molecule has 128 valence electrons. The summed E-state index contributed by atoms with van der Waals surface area (Å²) in [6.07, 6.45) is 3.65. The van der Waals surface area contributed by atoms with Gasteiger partial charge in [0, 0.05) is 24.5 Å². The molecule has 1 heterocycles. The summed E-state index contributed by atoms with van der Waals surface area (Å²) in [4.78, 5) is 27.5. The Morgan fingerprint density at radius 3 is 2.45 bits per heavy atom. The minimum Gasteiger partial charge on any atom is -0.480 e. The van der Waals surface area contributed by atoms with Crippen molar-refractivity contribution in [3.63, 3.8) is 0 Å². The van der Waals surface area contributed by atoms with E-state index in [-0.39, 0.29) is 23.9 Å². The summed E-state index contributed by atoms with van der Waals surface area (Å²) in [6, 6.07) is 0.252. The quantitative estimate of drug-likeness (QED) is 0.818. The molecule has 1 rings (SSSR count). The maximum absolute atomic E-state index is 12.8. The number of aliphatic carboxylic acids is 1. The van der Waals surface area contributed by atoms with Crippen molar-refractivity contribution in [1.29, 1.82) is 0 Å². The van der Waals surface area contributed by atoms with Crippen molar-refractivity contribution in [3.05, 3.63) is 0 Å². The normalized spacial score (nSPS) is 20.3. The highest BCUT2D eigenvalue weighted by atomic mass is 16.4. The molecule has 22 heavy (non-hydrogen) atoms. The van der Waals surface area contributed by atoms with Gasteiger partial charge in [-0.25, -0.2) is 0 Å². The van der Waals surface area contributed by atoms with Gasteiger partial charge in [0.2, 0.25) is 5.91 Å². The van der Waals surface area contributed by atoms with Crippen molar-refractivity contribution >= 4 is 11.9 Å². The van der Waals surface area contributed by atoms with Gasteiger partial charge in [-0.2, -0.15) is 0 Å². The molecule has 0 radical (unpaired) electrons. The second kappa shape index (κ2) is 7.95. The van der Waals surface area contributed by atoms with Gasteiger partial charge in [-0.1, -0.05) is 27.7 Å². The van der Waals surface area contributed by atoms with Crippen LogP contribution in [0.4, 0.5) is 0 Å². The van der Waals surface area contributed by atoms with E-state index in [1.54, 1.807) is 0 Å². The standard InChI is InChI=1S/C17H32N2O3/c1-13(2)11-17(3,4)16(22)19-9-6-7-14(8-10-19)18(5)12-15(20)21/h13-14H,6-12H2,1-5H3,(H,20,21). The first-order chi connectivity index (χ1) is 10.1. The number of likely N-dealkylation sites (N-methyl/N-ethyl adjacent to an activating group) is 1. The maximum atomic E-state index is 12.8. The van der Waals surface area contributed by atoms with Crippen LogP contribution in [0.1, 0.15) is 53.4 Å². The van der Waals surface area contributed by atoms with Gasteiger partial charge >= 0.3 is 5.97 Å². The van der Waals surface area contributed by atoms with Crippen LogP contribution in [0.3, 0.4) is 0 Å². The van der Waals surface area contributed by atoms with Gasteiger partial charge in [0.05, 0.1) is 6.54 Å². The second-order valence-electron chi connectivity index (χ2n) is 7.67. The van der Waals surface area contributed by atoms with Crippen LogP contribution in [-0.2, 0) is 9.59 Å². The van der Waals surface area contributed by atoms with Crippen LogP contribution >= 0.6 is 0 Å². The third kappa shape index (κ3) is 5.59. The third-order valence-corrected chi connectivity index (χ3v) is 4.49. The Bertz CT molecular complexity index is 393. The van der Waals surface area contributed by atoms with E-state index >= 15 is 0 Å². The third-order valence-electron chi connectivity index (χ3n) is 4.49.